The van der Waals surface area contributed by atoms with Crippen molar-refractivity contribution in [2.24, 2.45) is 0 Å². The number of esters is 1. The van der Waals surface area contributed by atoms with Crippen LogP contribution in [0.4, 0.5) is 22.0 Å². The van der Waals surface area contributed by atoms with Gasteiger partial charge < -0.3 is 15.2 Å². The molecule has 2 N–H and O–H groups in total. The highest BCUT2D eigenvalue weighted by atomic mass is 79.9. The van der Waals surface area contributed by atoms with Gasteiger partial charge in [0.2, 0.25) is 5.91 Å². The van der Waals surface area contributed by atoms with E-state index in [0.29, 0.717) is 27.2 Å². The first kappa shape index (κ1) is 38.7. The zero-order valence-electron chi connectivity index (χ0n) is 28.6. The van der Waals surface area contributed by atoms with Crippen molar-refractivity contribution in [3.63, 3.8) is 0 Å². The Kier molecular flexibility index (Phi) is 11.9. The van der Waals surface area contributed by atoms with Crippen LogP contribution in [0.3, 0.4) is 0 Å². The molecule has 0 saturated carbocycles. The third-order valence-electron chi connectivity index (χ3n) is 8.96. The molecule has 5 rings (SSSR count). The Morgan fingerprint density at radius 2 is 1.77 bits per heavy atom. The number of aromatic hydroxyl groups is 1. The summed E-state index contributed by atoms with van der Waals surface area (Å²) in [5.74, 6) is -2.53. The zero-order valence-corrected chi connectivity index (χ0v) is 30.2. The quantitative estimate of drug-likeness (QED) is 0.115. The van der Waals surface area contributed by atoms with E-state index < -0.39 is 59.7 Å². The lowest BCUT2D eigenvalue weighted by molar-refractivity contribution is -0.144. The number of hydrogen-bond acceptors (Lipinski definition) is 6. The predicted molar refractivity (Wildman–Crippen MR) is 188 cm³/mol. The van der Waals surface area contributed by atoms with Gasteiger partial charge in [0.25, 0.3) is 5.56 Å². The van der Waals surface area contributed by atoms with E-state index in [1.165, 1.54) is 37.3 Å². The van der Waals surface area contributed by atoms with Gasteiger partial charge in [-0.05, 0) is 85.3 Å². The minimum Gasteiger partial charge on any atom is -0.507 e. The van der Waals surface area contributed by atoms with E-state index >= 15 is 4.39 Å². The molecule has 8 nitrogen and oxygen atoms in total. The summed E-state index contributed by atoms with van der Waals surface area (Å²) in [4.78, 5) is 42.5. The van der Waals surface area contributed by atoms with Crippen LogP contribution in [-0.2, 0) is 26.9 Å². The third kappa shape index (κ3) is 8.72. The number of carbonyl (C=O) groups excluding carboxylic acids is 2. The Morgan fingerprint density at radius 1 is 1.06 bits per heavy atom. The zero-order chi connectivity index (χ0) is 37.9. The minimum absolute atomic E-state index is 0.00800. The summed E-state index contributed by atoms with van der Waals surface area (Å²) < 4.78 is 78.6. The SMILES string of the molecule is CCOC(=O)C[C@H](NC(=O)[C@@H](c1cccc(Br)c1)n1cc(CCN2CC(F)C2)c(C(F)(F)F)cc1=O)c1cc(-c2c(C)cccc2O)cc(C)c1F. The molecule has 0 aliphatic carbocycles. The molecule has 1 aromatic heterocycles. The number of carbonyl (C=O) groups is 2. The van der Waals surface area contributed by atoms with Gasteiger partial charge in [-0.2, -0.15) is 13.2 Å². The van der Waals surface area contributed by atoms with E-state index in [4.69, 9.17) is 4.74 Å². The smallest absolute Gasteiger partial charge is 0.416 e. The van der Waals surface area contributed by atoms with Gasteiger partial charge in [0.05, 0.1) is 24.6 Å². The summed E-state index contributed by atoms with van der Waals surface area (Å²) in [6.07, 6.45) is -5.71. The number of pyridine rings is 1. The molecule has 2 atom stereocenters. The fourth-order valence-electron chi connectivity index (χ4n) is 6.44. The van der Waals surface area contributed by atoms with Gasteiger partial charge in [-0.25, -0.2) is 8.78 Å². The van der Waals surface area contributed by atoms with Gasteiger partial charge in [0.15, 0.2) is 0 Å². The standard InChI is InChI=1S/C38H37BrF5N3O5/c1-4-52-33(50)17-30(28-15-25(13-22(3)35(28)41)34-21(2)7-5-10-31(34)48)45-37(51)36(23-8-6-9-26(39)14-23)47-18-24(11-12-46-19-27(40)20-46)29(16-32(47)49)38(42,43)44/h5-10,13-16,18,27,30,36,48H,4,11-12,17,19-20H2,1-3H3,(H,45,51)/t30-,36+/m0/s1. The maximum Gasteiger partial charge on any atom is 0.416 e. The fourth-order valence-corrected chi connectivity index (χ4v) is 6.86. The number of aromatic nitrogens is 1. The average molecular weight is 791 g/mol. The van der Waals surface area contributed by atoms with Gasteiger partial charge in [-0.3, -0.25) is 23.9 Å². The summed E-state index contributed by atoms with van der Waals surface area (Å²) in [6, 6.07) is 11.5. The van der Waals surface area contributed by atoms with Crippen molar-refractivity contribution in [2.75, 3.05) is 26.2 Å². The van der Waals surface area contributed by atoms with E-state index in [1.807, 2.05) is 0 Å². The fraction of sp³-hybridized carbons (Fsp3) is 0.342. The number of ether oxygens (including phenoxy) is 1. The van der Waals surface area contributed by atoms with Crippen LogP contribution in [0.5, 0.6) is 5.75 Å². The van der Waals surface area contributed by atoms with Crippen molar-refractivity contribution in [3.05, 3.63) is 121 Å². The number of amides is 1. The Hall–Kier alpha value is -4.56. The second-order valence-electron chi connectivity index (χ2n) is 12.8. The molecule has 4 aromatic rings. The molecule has 0 spiro atoms. The van der Waals surface area contributed by atoms with Gasteiger partial charge in [-0.15, -0.1) is 0 Å². The number of alkyl halides is 4. The number of phenolic OH excluding ortho intramolecular Hbond substituents is 1. The third-order valence-corrected chi connectivity index (χ3v) is 9.45. The normalized spacial score (nSPS) is 14.8. The lowest BCUT2D eigenvalue weighted by atomic mass is 9.92. The number of nitrogens with zero attached hydrogens (tertiary/aromatic N) is 2. The maximum absolute atomic E-state index is 16.1. The number of hydrogen-bond donors (Lipinski definition) is 2. The number of benzene rings is 3. The molecule has 2 heterocycles. The first-order valence-corrected chi connectivity index (χ1v) is 17.4. The monoisotopic (exact) mass is 789 g/mol. The van der Waals surface area contributed by atoms with Gasteiger partial charge >= 0.3 is 12.1 Å². The van der Waals surface area contributed by atoms with Crippen molar-refractivity contribution in [3.8, 4) is 16.9 Å². The lowest BCUT2D eigenvalue weighted by Gasteiger charge is -2.34. The second kappa shape index (κ2) is 16.0. The molecule has 14 heteroatoms. The van der Waals surface area contributed by atoms with E-state index in [1.54, 1.807) is 43.0 Å². The maximum atomic E-state index is 16.1. The Balaban J connectivity index is 1.63. The van der Waals surface area contributed by atoms with E-state index in [-0.39, 0.29) is 60.7 Å². The topological polar surface area (TPSA) is 101 Å². The van der Waals surface area contributed by atoms with Crippen molar-refractivity contribution in [1.29, 1.82) is 0 Å². The molecular formula is C38H37BrF5N3O5. The van der Waals surface area contributed by atoms with E-state index in [9.17, 15) is 37.1 Å². The molecule has 0 unspecified atom stereocenters. The predicted octanol–water partition coefficient (Wildman–Crippen LogP) is 7.35. The molecular weight excluding hydrogens is 753 g/mol. The molecule has 52 heavy (non-hydrogen) atoms. The van der Waals surface area contributed by atoms with Crippen LogP contribution in [0.1, 0.15) is 58.8 Å². The molecule has 3 aromatic carbocycles. The number of phenols is 1. The molecule has 1 saturated heterocycles. The van der Waals surface area contributed by atoms with Crippen LogP contribution < -0.4 is 10.9 Å². The number of halogens is 6. The first-order valence-electron chi connectivity index (χ1n) is 16.6. The molecule has 1 fully saturated rings. The number of nitrogens with one attached hydrogen (secondary N) is 1. The number of likely N-dealkylation sites (tertiary alicyclic amines) is 1. The Morgan fingerprint density at radius 3 is 2.40 bits per heavy atom. The number of rotatable bonds is 12. The first-order chi connectivity index (χ1) is 24.6. The highest BCUT2D eigenvalue weighted by molar-refractivity contribution is 9.10. The Labute approximate surface area is 305 Å². The van der Waals surface area contributed by atoms with E-state index in [2.05, 4.69) is 21.2 Å². The average Bonchev–Trinajstić information content (AvgIpc) is 3.04. The molecule has 0 bridgehead atoms. The van der Waals surface area contributed by atoms with Crippen LogP contribution in [0.25, 0.3) is 11.1 Å². The van der Waals surface area contributed by atoms with Crippen molar-refractivity contribution >= 4 is 27.8 Å². The van der Waals surface area contributed by atoms with Crippen LogP contribution in [0, 0.1) is 19.7 Å². The molecule has 1 amide bonds. The van der Waals surface area contributed by atoms with Gasteiger partial charge in [0, 0.05) is 47.5 Å². The summed E-state index contributed by atoms with van der Waals surface area (Å²) in [5.41, 5.74) is -0.872. The van der Waals surface area contributed by atoms with Crippen LogP contribution in [0.15, 0.2) is 76.1 Å². The van der Waals surface area contributed by atoms with Crippen LogP contribution in [-0.4, -0.2) is 58.9 Å². The van der Waals surface area contributed by atoms with Crippen LogP contribution in [0.2, 0.25) is 0 Å². The highest BCUT2D eigenvalue weighted by Crippen LogP contribution is 2.37. The Bertz CT molecular complexity index is 2010. The molecule has 1 aliphatic rings. The highest BCUT2D eigenvalue weighted by Gasteiger charge is 2.37. The van der Waals surface area contributed by atoms with Gasteiger partial charge in [0.1, 0.15) is 23.8 Å². The van der Waals surface area contributed by atoms with Crippen molar-refractivity contribution in [1.82, 2.24) is 14.8 Å². The minimum atomic E-state index is -4.89. The summed E-state index contributed by atoms with van der Waals surface area (Å²) in [6.45, 7) is 5.05. The largest absolute Gasteiger partial charge is 0.507 e. The van der Waals surface area contributed by atoms with E-state index in [0.717, 1.165) is 10.8 Å². The van der Waals surface area contributed by atoms with Gasteiger partial charge in [-0.1, -0.05) is 40.2 Å². The lowest BCUT2D eigenvalue weighted by Crippen LogP contribution is -2.49. The molecule has 276 valence electrons. The summed E-state index contributed by atoms with van der Waals surface area (Å²) in [7, 11) is 0. The summed E-state index contributed by atoms with van der Waals surface area (Å²) >= 11 is 3.34. The summed E-state index contributed by atoms with van der Waals surface area (Å²) in [5, 5.41) is 13.4. The molecule has 1 aliphatic heterocycles. The van der Waals surface area contributed by atoms with Crippen molar-refractivity contribution < 1.29 is 41.4 Å². The van der Waals surface area contributed by atoms with Crippen molar-refractivity contribution in [2.45, 2.75) is 58.0 Å². The van der Waals surface area contributed by atoms with Crippen LogP contribution >= 0.6 is 15.9 Å². The molecule has 0 radical (unpaired) electrons. The second-order valence-corrected chi connectivity index (χ2v) is 13.7. The number of aryl methyl sites for hydroxylation is 2.